The maximum absolute atomic E-state index is 14.0. The summed E-state index contributed by atoms with van der Waals surface area (Å²) < 4.78 is 38.6. The predicted octanol–water partition coefficient (Wildman–Crippen LogP) is 5.60. The Morgan fingerprint density at radius 3 is 2.47 bits per heavy atom. The van der Waals surface area contributed by atoms with E-state index in [4.69, 9.17) is 23.9 Å². The van der Waals surface area contributed by atoms with Gasteiger partial charge >= 0.3 is 0 Å². The third-order valence-corrected chi connectivity index (χ3v) is 5.49. The molecule has 0 spiro atoms. The number of nitrogens with zero attached hydrogens (tertiary/aromatic N) is 3. The van der Waals surface area contributed by atoms with Crippen molar-refractivity contribution in [3.8, 4) is 39.8 Å². The summed E-state index contributed by atoms with van der Waals surface area (Å²) in [4.78, 5) is 4.76. The van der Waals surface area contributed by atoms with E-state index >= 15 is 0 Å². The van der Waals surface area contributed by atoms with Gasteiger partial charge in [0.05, 0.1) is 37.7 Å². The molecule has 4 aromatic rings. The molecule has 0 fully saturated rings. The Kier molecular flexibility index (Phi) is 7.97. The molecule has 2 aromatic carbocycles. The summed E-state index contributed by atoms with van der Waals surface area (Å²) >= 11 is 0. The Balaban J connectivity index is 1.73. The molecule has 8 heteroatoms. The van der Waals surface area contributed by atoms with Crippen molar-refractivity contribution in [1.82, 2.24) is 14.8 Å². The zero-order chi connectivity index (χ0) is 25.5. The van der Waals surface area contributed by atoms with Gasteiger partial charge in [0.25, 0.3) is 0 Å². The molecule has 0 saturated heterocycles. The highest BCUT2D eigenvalue weighted by atomic mass is 19.1. The van der Waals surface area contributed by atoms with Crippen LogP contribution >= 0.6 is 0 Å². The van der Waals surface area contributed by atoms with Crippen LogP contribution in [0.25, 0.3) is 33.3 Å². The standard InChI is InChI=1S/C28H28FN3O4/c1-5-11-34-13-14-36-26-16-20(29)7-8-21(26)22-9-10-24(31-28(22)33-4)23-15-19-18-30-32(3)25(19)17-27(23)35-12-6-2/h5-10,15-18H,1-2,11-14H2,3-4H3. The van der Waals surface area contributed by atoms with Crippen LogP contribution in [-0.4, -0.2) is 48.3 Å². The van der Waals surface area contributed by atoms with Crippen LogP contribution in [0.1, 0.15) is 0 Å². The molecule has 7 nitrogen and oxygen atoms in total. The molecule has 2 aromatic heterocycles. The van der Waals surface area contributed by atoms with Gasteiger partial charge in [0.2, 0.25) is 5.88 Å². The van der Waals surface area contributed by atoms with Gasteiger partial charge in [0.1, 0.15) is 30.5 Å². The van der Waals surface area contributed by atoms with Crippen molar-refractivity contribution >= 4 is 10.9 Å². The van der Waals surface area contributed by atoms with Crippen molar-refractivity contribution < 1.29 is 23.3 Å². The van der Waals surface area contributed by atoms with Crippen molar-refractivity contribution in [2.75, 3.05) is 33.5 Å². The van der Waals surface area contributed by atoms with Gasteiger partial charge in [-0.05, 0) is 30.3 Å². The highest BCUT2D eigenvalue weighted by molar-refractivity contribution is 5.88. The number of aromatic nitrogens is 3. The number of hydrogen-bond donors (Lipinski definition) is 0. The van der Waals surface area contributed by atoms with E-state index in [1.807, 2.05) is 31.3 Å². The van der Waals surface area contributed by atoms with Crippen LogP contribution < -0.4 is 14.2 Å². The van der Waals surface area contributed by atoms with Gasteiger partial charge in [-0.1, -0.05) is 18.7 Å². The average molecular weight is 490 g/mol. The van der Waals surface area contributed by atoms with E-state index in [-0.39, 0.29) is 6.61 Å². The number of fused-ring (bicyclic) bond motifs is 1. The van der Waals surface area contributed by atoms with Gasteiger partial charge in [0, 0.05) is 41.3 Å². The minimum atomic E-state index is -0.405. The molecule has 0 amide bonds. The van der Waals surface area contributed by atoms with Crippen molar-refractivity contribution in [3.63, 3.8) is 0 Å². The molecule has 0 aliphatic carbocycles. The van der Waals surface area contributed by atoms with Gasteiger partial charge in [-0.25, -0.2) is 9.37 Å². The second-order valence-electron chi connectivity index (χ2n) is 7.88. The largest absolute Gasteiger partial charge is 0.490 e. The first-order valence-corrected chi connectivity index (χ1v) is 11.4. The summed E-state index contributed by atoms with van der Waals surface area (Å²) in [5.74, 6) is 0.987. The van der Waals surface area contributed by atoms with Crippen LogP contribution in [0.3, 0.4) is 0 Å². The molecule has 0 N–H and O–H groups in total. The molecule has 0 unspecified atom stereocenters. The number of pyridine rings is 1. The molecule has 0 aliphatic rings. The third-order valence-electron chi connectivity index (χ3n) is 5.49. The van der Waals surface area contributed by atoms with Crippen LogP contribution in [-0.2, 0) is 11.8 Å². The van der Waals surface area contributed by atoms with E-state index in [0.717, 1.165) is 16.5 Å². The number of methoxy groups -OCH3 is 1. The summed E-state index contributed by atoms with van der Waals surface area (Å²) in [7, 11) is 3.42. The lowest BCUT2D eigenvalue weighted by molar-refractivity contribution is 0.121. The van der Waals surface area contributed by atoms with Crippen molar-refractivity contribution in [2.45, 2.75) is 0 Å². The first-order valence-electron chi connectivity index (χ1n) is 11.4. The fraction of sp³-hybridized carbons (Fsp3) is 0.214. The Labute approximate surface area is 209 Å². The second-order valence-corrected chi connectivity index (χ2v) is 7.88. The molecule has 0 aliphatic heterocycles. The van der Waals surface area contributed by atoms with Crippen LogP contribution in [0.2, 0.25) is 0 Å². The summed E-state index contributed by atoms with van der Waals surface area (Å²) in [5.41, 5.74) is 3.70. The molecule has 0 radical (unpaired) electrons. The highest BCUT2D eigenvalue weighted by Crippen LogP contribution is 2.39. The smallest absolute Gasteiger partial charge is 0.221 e. The molecule has 0 bridgehead atoms. The van der Waals surface area contributed by atoms with E-state index in [1.165, 1.54) is 12.1 Å². The summed E-state index contributed by atoms with van der Waals surface area (Å²) in [6.07, 6.45) is 5.14. The van der Waals surface area contributed by atoms with Crippen molar-refractivity contribution in [3.05, 3.63) is 79.8 Å². The van der Waals surface area contributed by atoms with Gasteiger partial charge in [-0.15, -0.1) is 6.58 Å². The van der Waals surface area contributed by atoms with E-state index in [0.29, 0.717) is 54.0 Å². The number of halogens is 1. The molecule has 0 atom stereocenters. The van der Waals surface area contributed by atoms with Gasteiger partial charge in [-0.2, -0.15) is 5.10 Å². The number of rotatable bonds is 12. The van der Waals surface area contributed by atoms with Gasteiger partial charge in [0.15, 0.2) is 0 Å². The molecule has 2 heterocycles. The lowest BCUT2D eigenvalue weighted by atomic mass is 10.0. The topological polar surface area (TPSA) is 67.6 Å². The average Bonchev–Trinajstić information content (AvgIpc) is 3.26. The van der Waals surface area contributed by atoms with E-state index < -0.39 is 5.82 Å². The maximum Gasteiger partial charge on any atom is 0.221 e. The number of aryl methyl sites for hydroxylation is 1. The monoisotopic (exact) mass is 489 g/mol. The Hall–Kier alpha value is -4.17. The Morgan fingerprint density at radius 2 is 1.69 bits per heavy atom. The van der Waals surface area contributed by atoms with Crippen LogP contribution in [0.4, 0.5) is 4.39 Å². The number of ether oxygens (including phenoxy) is 4. The summed E-state index contributed by atoms with van der Waals surface area (Å²) in [6.45, 7) is 8.72. The number of benzene rings is 2. The van der Waals surface area contributed by atoms with Crippen molar-refractivity contribution in [1.29, 1.82) is 0 Å². The van der Waals surface area contributed by atoms with Gasteiger partial charge < -0.3 is 18.9 Å². The second kappa shape index (κ2) is 11.5. The van der Waals surface area contributed by atoms with Crippen LogP contribution in [0, 0.1) is 5.82 Å². The molecule has 0 saturated carbocycles. The van der Waals surface area contributed by atoms with Gasteiger partial charge in [-0.3, -0.25) is 4.68 Å². The number of hydrogen-bond acceptors (Lipinski definition) is 6. The van der Waals surface area contributed by atoms with E-state index in [1.54, 1.807) is 36.2 Å². The molecule has 4 rings (SSSR count). The minimum absolute atomic E-state index is 0.257. The van der Waals surface area contributed by atoms with Crippen molar-refractivity contribution in [2.24, 2.45) is 7.05 Å². The fourth-order valence-corrected chi connectivity index (χ4v) is 3.82. The third kappa shape index (κ3) is 5.39. The van der Waals surface area contributed by atoms with Crippen LogP contribution in [0.5, 0.6) is 17.4 Å². The first kappa shape index (κ1) is 24.9. The minimum Gasteiger partial charge on any atom is -0.490 e. The normalized spacial score (nSPS) is 10.9. The lowest BCUT2D eigenvalue weighted by Gasteiger charge is -2.16. The zero-order valence-corrected chi connectivity index (χ0v) is 20.4. The molecule has 186 valence electrons. The highest BCUT2D eigenvalue weighted by Gasteiger charge is 2.18. The summed E-state index contributed by atoms with van der Waals surface area (Å²) in [5, 5.41) is 5.29. The predicted molar refractivity (Wildman–Crippen MR) is 138 cm³/mol. The van der Waals surface area contributed by atoms with E-state index in [2.05, 4.69) is 18.3 Å². The molecular weight excluding hydrogens is 461 g/mol. The Morgan fingerprint density at radius 1 is 0.917 bits per heavy atom. The Bertz CT molecular complexity index is 1380. The quantitative estimate of drug-likeness (QED) is 0.191. The zero-order valence-electron chi connectivity index (χ0n) is 20.4. The SMILES string of the molecule is C=CCOCCOc1cc(F)ccc1-c1ccc(-c2cc3cnn(C)c3cc2OCC=C)nc1OC. The van der Waals surface area contributed by atoms with E-state index in [9.17, 15) is 4.39 Å². The molecule has 36 heavy (non-hydrogen) atoms. The molecular formula is C28H28FN3O4. The fourth-order valence-electron chi connectivity index (χ4n) is 3.82. The maximum atomic E-state index is 14.0. The lowest BCUT2D eigenvalue weighted by Crippen LogP contribution is -2.07. The van der Waals surface area contributed by atoms with Crippen LogP contribution in [0.15, 0.2) is 74.0 Å². The first-order chi connectivity index (χ1) is 17.5. The summed E-state index contributed by atoms with van der Waals surface area (Å²) in [6, 6.07) is 12.0.